The lowest BCUT2D eigenvalue weighted by atomic mass is 10.1. The molecule has 4 rings (SSSR count). The van der Waals surface area contributed by atoms with E-state index in [1.807, 2.05) is 45.2 Å². The zero-order valence-electron chi connectivity index (χ0n) is 18.0. The topological polar surface area (TPSA) is 101 Å². The van der Waals surface area contributed by atoms with Crippen molar-refractivity contribution in [3.05, 3.63) is 42.2 Å². The third kappa shape index (κ3) is 4.88. The van der Waals surface area contributed by atoms with Crippen LogP contribution in [0.25, 0.3) is 16.8 Å². The Morgan fingerprint density at radius 3 is 2.90 bits per heavy atom. The van der Waals surface area contributed by atoms with E-state index in [1.165, 1.54) is 0 Å². The van der Waals surface area contributed by atoms with E-state index in [-0.39, 0.29) is 6.61 Å². The number of ether oxygens (including phenoxy) is 2. The largest absolute Gasteiger partial charge is 0.492 e. The molecule has 0 saturated heterocycles. The van der Waals surface area contributed by atoms with Crippen LogP contribution in [0.15, 0.2) is 36.7 Å². The first-order chi connectivity index (χ1) is 14.8. The minimum absolute atomic E-state index is 0.117. The van der Waals surface area contributed by atoms with Crippen molar-refractivity contribution in [3.8, 4) is 16.9 Å². The van der Waals surface area contributed by atoms with Crippen molar-refractivity contribution < 1.29 is 19.4 Å². The highest BCUT2D eigenvalue weighted by molar-refractivity contribution is 5.79. The monoisotopic (exact) mass is 425 g/mol. The fourth-order valence-corrected chi connectivity index (χ4v) is 3.38. The average molecular weight is 425 g/mol. The van der Waals surface area contributed by atoms with Gasteiger partial charge in [0.2, 0.25) is 0 Å². The van der Waals surface area contributed by atoms with Crippen LogP contribution in [0, 0.1) is 0 Å². The zero-order valence-corrected chi connectivity index (χ0v) is 18.0. The summed E-state index contributed by atoms with van der Waals surface area (Å²) in [6.07, 6.45) is 3.19. The molecular formula is C22H27N5O4. The molecule has 3 aromatic rings. The molecule has 1 aliphatic heterocycles. The molecular weight excluding hydrogens is 398 g/mol. The molecule has 1 aliphatic rings. The van der Waals surface area contributed by atoms with E-state index in [2.05, 4.69) is 10.4 Å². The van der Waals surface area contributed by atoms with E-state index in [9.17, 15) is 9.90 Å². The molecule has 0 radical (unpaired) electrons. The summed E-state index contributed by atoms with van der Waals surface area (Å²) in [5.41, 5.74) is 2.52. The number of benzene rings is 1. The highest BCUT2D eigenvalue weighted by atomic mass is 16.6. The van der Waals surface area contributed by atoms with Gasteiger partial charge in [0.1, 0.15) is 23.8 Å². The van der Waals surface area contributed by atoms with Crippen molar-refractivity contribution >= 4 is 17.6 Å². The van der Waals surface area contributed by atoms with Crippen LogP contribution in [0.2, 0.25) is 0 Å². The highest BCUT2D eigenvalue weighted by Crippen LogP contribution is 2.29. The molecule has 9 nitrogen and oxygen atoms in total. The van der Waals surface area contributed by atoms with Gasteiger partial charge in [-0.05, 0) is 56.2 Å². The summed E-state index contributed by atoms with van der Waals surface area (Å²) in [5.74, 6) is 1.29. The summed E-state index contributed by atoms with van der Waals surface area (Å²) in [6.45, 7) is 7.00. The molecule has 1 amide bonds. The van der Waals surface area contributed by atoms with Gasteiger partial charge in [0, 0.05) is 24.8 Å². The van der Waals surface area contributed by atoms with Crippen LogP contribution in [-0.2, 0) is 11.3 Å². The van der Waals surface area contributed by atoms with Crippen LogP contribution in [0.4, 0.5) is 10.6 Å². The van der Waals surface area contributed by atoms with Gasteiger partial charge in [0.05, 0.1) is 19.3 Å². The predicted molar refractivity (Wildman–Crippen MR) is 116 cm³/mol. The number of fused-ring (bicyclic) bond motifs is 4. The molecule has 0 aliphatic carbocycles. The van der Waals surface area contributed by atoms with Crippen molar-refractivity contribution in [2.24, 2.45) is 0 Å². The molecule has 0 unspecified atom stereocenters. The van der Waals surface area contributed by atoms with E-state index in [0.29, 0.717) is 43.5 Å². The SMILES string of the molecule is CC(C)(C)OC(=O)N1CCNc2ccn3ncc(c3n2)-c2cc(CO)cc(c2)OCC1. The molecule has 164 valence electrons. The number of anilines is 1. The highest BCUT2D eigenvalue weighted by Gasteiger charge is 2.22. The fraction of sp³-hybridized carbons (Fsp3) is 0.409. The number of hydrogen-bond acceptors (Lipinski definition) is 7. The first kappa shape index (κ1) is 20.9. The normalized spacial score (nSPS) is 14.6. The first-order valence-corrected chi connectivity index (χ1v) is 10.3. The van der Waals surface area contributed by atoms with Gasteiger partial charge in [0.15, 0.2) is 5.65 Å². The maximum atomic E-state index is 12.7. The smallest absolute Gasteiger partial charge is 0.410 e. The zero-order chi connectivity index (χ0) is 22.0. The maximum absolute atomic E-state index is 12.7. The third-order valence-electron chi connectivity index (χ3n) is 4.80. The van der Waals surface area contributed by atoms with Crippen molar-refractivity contribution in [2.75, 3.05) is 31.6 Å². The van der Waals surface area contributed by atoms with E-state index in [1.54, 1.807) is 21.7 Å². The number of aromatic nitrogens is 3. The Morgan fingerprint density at radius 1 is 1.29 bits per heavy atom. The molecule has 1 aromatic carbocycles. The summed E-state index contributed by atoms with van der Waals surface area (Å²) in [4.78, 5) is 19.0. The van der Waals surface area contributed by atoms with E-state index < -0.39 is 11.7 Å². The summed E-state index contributed by atoms with van der Waals surface area (Å²) < 4.78 is 13.2. The first-order valence-electron chi connectivity index (χ1n) is 10.3. The Morgan fingerprint density at radius 2 is 2.13 bits per heavy atom. The molecule has 0 atom stereocenters. The van der Waals surface area contributed by atoms with Gasteiger partial charge in [-0.15, -0.1) is 0 Å². The number of hydrogen-bond donors (Lipinski definition) is 2. The summed E-state index contributed by atoms with van der Waals surface area (Å²) >= 11 is 0. The van der Waals surface area contributed by atoms with Crippen LogP contribution >= 0.6 is 0 Å². The molecule has 2 N–H and O–H groups in total. The molecule has 3 heterocycles. The Labute approximate surface area is 180 Å². The quantitative estimate of drug-likeness (QED) is 0.618. The number of nitrogens with one attached hydrogen (secondary N) is 1. The minimum Gasteiger partial charge on any atom is -0.492 e. The van der Waals surface area contributed by atoms with Gasteiger partial charge in [0.25, 0.3) is 0 Å². The molecule has 0 saturated carbocycles. The molecule has 0 spiro atoms. The number of aliphatic hydroxyl groups is 1. The standard InChI is InChI=1S/C22H27N5O4/c1-22(2,3)31-21(29)26-7-5-23-19-4-6-27-20(25-19)18(13-24-27)16-10-15(14-28)11-17(12-16)30-9-8-26/h4,6,10-13,28H,5,7-9,14H2,1-3H3,(H,23,25). The van der Waals surface area contributed by atoms with Crippen molar-refractivity contribution in [2.45, 2.75) is 33.0 Å². The van der Waals surface area contributed by atoms with E-state index >= 15 is 0 Å². The number of rotatable bonds is 1. The van der Waals surface area contributed by atoms with Gasteiger partial charge in [-0.2, -0.15) is 5.10 Å². The predicted octanol–water partition coefficient (Wildman–Crippen LogP) is 2.93. The Kier molecular flexibility index (Phi) is 5.69. The van der Waals surface area contributed by atoms with Crippen LogP contribution in [-0.4, -0.2) is 62.5 Å². The molecule has 4 bridgehead atoms. The van der Waals surface area contributed by atoms with Crippen LogP contribution in [0.5, 0.6) is 5.75 Å². The Balaban J connectivity index is 1.70. The lowest BCUT2D eigenvalue weighted by Crippen LogP contribution is -2.41. The van der Waals surface area contributed by atoms with Gasteiger partial charge >= 0.3 is 6.09 Å². The number of nitrogens with zero attached hydrogens (tertiary/aromatic N) is 4. The lowest BCUT2D eigenvalue weighted by Gasteiger charge is -2.27. The second-order valence-electron chi connectivity index (χ2n) is 8.41. The number of amides is 1. The van der Waals surface area contributed by atoms with Gasteiger partial charge in [-0.3, -0.25) is 0 Å². The fourth-order valence-electron chi connectivity index (χ4n) is 3.38. The van der Waals surface area contributed by atoms with Gasteiger partial charge in [-0.25, -0.2) is 14.3 Å². The second-order valence-corrected chi connectivity index (χ2v) is 8.41. The van der Waals surface area contributed by atoms with Crippen molar-refractivity contribution in [1.29, 1.82) is 0 Å². The molecule has 0 fully saturated rings. The van der Waals surface area contributed by atoms with E-state index in [4.69, 9.17) is 14.5 Å². The Hall–Kier alpha value is -3.33. The molecule has 9 heteroatoms. The van der Waals surface area contributed by atoms with Crippen LogP contribution in [0.3, 0.4) is 0 Å². The third-order valence-corrected chi connectivity index (χ3v) is 4.80. The lowest BCUT2D eigenvalue weighted by molar-refractivity contribution is 0.0234. The maximum Gasteiger partial charge on any atom is 0.410 e. The summed E-state index contributed by atoms with van der Waals surface area (Å²) in [7, 11) is 0. The van der Waals surface area contributed by atoms with Crippen molar-refractivity contribution in [3.63, 3.8) is 0 Å². The summed E-state index contributed by atoms with van der Waals surface area (Å²) in [5, 5.41) is 17.4. The second kappa shape index (κ2) is 8.43. The number of carbonyl (C=O) groups excluding carboxylic acids is 1. The van der Waals surface area contributed by atoms with Crippen LogP contribution in [0.1, 0.15) is 26.3 Å². The van der Waals surface area contributed by atoms with Gasteiger partial charge < -0.3 is 24.8 Å². The summed E-state index contributed by atoms with van der Waals surface area (Å²) in [6, 6.07) is 7.41. The average Bonchev–Trinajstić information content (AvgIpc) is 3.14. The van der Waals surface area contributed by atoms with E-state index in [0.717, 1.165) is 16.7 Å². The molecule has 2 aromatic heterocycles. The minimum atomic E-state index is -0.584. The molecule has 31 heavy (non-hydrogen) atoms. The van der Waals surface area contributed by atoms with Gasteiger partial charge in [-0.1, -0.05) is 0 Å². The van der Waals surface area contributed by atoms with Crippen molar-refractivity contribution in [1.82, 2.24) is 19.5 Å². The number of aliphatic hydroxyl groups excluding tert-OH is 1. The number of carbonyl (C=O) groups is 1. The van der Waals surface area contributed by atoms with Crippen LogP contribution < -0.4 is 10.1 Å². The Bertz CT molecular complexity index is 1090.